The van der Waals surface area contributed by atoms with Gasteiger partial charge in [-0.1, -0.05) is 23.8 Å². The molecule has 0 aliphatic carbocycles. The summed E-state index contributed by atoms with van der Waals surface area (Å²) in [7, 11) is -4.20. The van der Waals surface area contributed by atoms with Crippen LogP contribution in [0, 0.1) is 6.92 Å². The molecule has 0 unspecified atom stereocenters. The Morgan fingerprint density at radius 3 is 2.43 bits per heavy atom. The molecule has 23 heavy (non-hydrogen) atoms. The standard InChI is InChI=1S/C15H14F3NO3S/c1-10-5-6-14(11(7-10)9-20)19-23(21,22)13-4-2-3-12(8-13)15(16,17)18/h2-8,19-20H,9H2,1H3. The van der Waals surface area contributed by atoms with Gasteiger partial charge < -0.3 is 5.11 Å². The molecular weight excluding hydrogens is 331 g/mol. The van der Waals surface area contributed by atoms with Crippen molar-refractivity contribution in [2.24, 2.45) is 0 Å². The van der Waals surface area contributed by atoms with Gasteiger partial charge in [-0.3, -0.25) is 4.72 Å². The molecule has 124 valence electrons. The van der Waals surface area contributed by atoms with Gasteiger partial charge in [-0.15, -0.1) is 0 Å². The van der Waals surface area contributed by atoms with Gasteiger partial charge in [-0.25, -0.2) is 8.42 Å². The fraction of sp³-hybridized carbons (Fsp3) is 0.200. The highest BCUT2D eigenvalue weighted by molar-refractivity contribution is 7.92. The molecule has 2 rings (SSSR count). The van der Waals surface area contributed by atoms with Crippen molar-refractivity contribution in [2.45, 2.75) is 24.6 Å². The van der Waals surface area contributed by atoms with Crippen LogP contribution in [-0.4, -0.2) is 13.5 Å². The summed E-state index contributed by atoms with van der Waals surface area (Å²) in [6.45, 7) is 1.37. The number of hydrogen-bond acceptors (Lipinski definition) is 3. The van der Waals surface area contributed by atoms with Crippen LogP contribution in [0.4, 0.5) is 18.9 Å². The third kappa shape index (κ3) is 4.02. The molecule has 0 saturated carbocycles. The minimum Gasteiger partial charge on any atom is -0.392 e. The molecule has 0 bridgehead atoms. The first-order valence-electron chi connectivity index (χ1n) is 6.54. The third-order valence-electron chi connectivity index (χ3n) is 3.15. The van der Waals surface area contributed by atoms with E-state index < -0.39 is 33.3 Å². The second kappa shape index (κ2) is 6.21. The SMILES string of the molecule is Cc1ccc(NS(=O)(=O)c2cccc(C(F)(F)F)c2)c(CO)c1. The van der Waals surface area contributed by atoms with Gasteiger partial charge in [-0.2, -0.15) is 13.2 Å². The topological polar surface area (TPSA) is 66.4 Å². The van der Waals surface area contributed by atoms with E-state index in [9.17, 15) is 26.7 Å². The maximum atomic E-state index is 12.7. The summed E-state index contributed by atoms with van der Waals surface area (Å²) >= 11 is 0. The molecule has 2 N–H and O–H groups in total. The Labute approximate surface area is 131 Å². The van der Waals surface area contributed by atoms with Crippen LogP contribution in [0.15, 0.2) is 47.4 Å². The molecule has 0 spiro atoms. The lowest BCUT2D eigenvalue weighted by Gasteiger charge is -2.13. The van der Waals surface area contributed by atoms with E-state index >= 15 is 0 Å². The summed E-state index contributed by atoms with van der Waals surface area (Å²) in [5.74, 6) is 0. The molecule has 0 radical (unpaired) electrons. The number of sulfonamides is 1. The predicted molar refractivity (Wildman–Crippen MR) is 79.4 cm³/mol. The zero-order valence-corrected chi connectivity index (χ0v) is 12.9. The molecule has 2 aromatic rings. The van der Waals surface area contributed by atoms with Gasteiger partial charge in [0.15, 0.2) is 0 Å². The fourth-order valence-electron chi connectivity index (χ4n) is 2.00. The number of hydrogen-bond donors (Lipinski definition) is 2. The lowest BCUT2D eigenvalue weighted by molar-refractivity contribution is -0.137. The molecular formula is C15H14F3NO3S. The van der Waals surface area contributed by atoms with Crippen LogP contribution in [-0.2, 0) is 22.8 Å². The van der Waals surface area contributed by atoms with Crippen LogP contribution in [0.2, 0.25) is 0 Å². The number of anilines is 1. The molecule has 4 nitrogen and oxygen atoms in total. The molecule has 0 aliphatic heterocycles. The summed E-state index contributed by atoms with van der Waals surface area (Å²) in [4.78, 5) is -0.503. The van der Waals surface area contributed by atoms with Crippen LogP contribution in [0.1, 0.15) is 16.7 Å². The van der Waals surface area contributed by atoms with Crippen LogP contribution in [0.3, 0.4) is 0 Å². The molecule has 8 heteroatoms. The third-order valence-corrected chi connectivity index (χ3v) is 4.51. The van der Waals surface area contributed by atoms with Gasteiger partial charge in [0.05, 0.1) is 22.8 Å². The van der Waals surface area contributed by atoms with Crippen molar-refractivity contribution in [3.05, 3.63) is 59.2 Å². The molecule has 2 aromatic carbocycles. The molecule has 0 atom stereocenters. The first-order chi connectivity index (χ1) is 10.6. The maximum absolute atomic E-state index is 12.7. The number of nitrogens with one attached hydrogen (secondary N) is 1. The molecule has 0 saturated heterocycles. The smallest absolute Gasteiger partial charge is 0.392 e. The highest BCUT2D eigenvalue weighted by atomic mass is 32.2. The molecule has 0 aliphatic rings. The lowest BCUT2D eigenvalue weighted by Crippen LogP contribution is -2.15. The monoisotopic (exact) mass is 345 g/mol. The first-order valence-corrected chi connectivity index (χ1v) is 8.02. The van der Waals surface area contributed by atoms with Gasteiger partial charge in [0.2, 0.25) is 0 Å². The van der Waals surface area contributed by atoms with E-state index in [1.807, 2.05) is 0 Å². The zero-order valence-electron chi connectivity index (χ0n) is 12.1. The van der Waals surface area contributed by atoms with Crippen molar-refractivity contribution in [1.29, 1.82) is 0 Å². The number of benzene rings is 2. The van der Waals surface area contributed by atoms with Crippen molar-refractivity contribution in [3.63, 3.8) is 0 Å². The Morgan fingerprint density at radius 2 is 1.83 bits per heavy atom. The van der Waals surface area contributed by atoms with Gasteiger partial charge in [0, 0.05) is 5.56 Å². The number of halogens is 3. The van der Waals surface area contributed by atoms with E-state index in [0.717, 1.165) is 23.8 Å². The summed E-state index contributed by atoms with van der Waals surface area (Å²) in [5, 5.41) is 9.28. The van der Waals surface area contributed by atoms with Crippen molar-refractivity contribution in [3.8, 4) is 0 Å². The summed E-state index contributed by atoms with van der Waals surface area (Å²) in [6.07, 6.45) is -4.63. The molecule has 0 aromatic heterocycles. The number of aliphatic hydroxyl groups excluding tert-OH is 1. The lowest BCUT2D eigenvalue weighted by atomic mass is 10.1. The average molecular weight is 345 g/mol. The van der Waals surface area contributed by atoms with Crippen LogP contribution < -0.4 is 4.72 Å². The average Bonchev–Trinajstić information content (AvgIpc) is 2.48. The Kier molecular flexibility index (Phi) is 4.67. The number of alkyl halides is 3. The highest BCUT2D eigenvalue weighted by Gasteiger charge is 2.31. The van der Waals surface area contributed by atoms with Gasteiger partial charge in [-0.05, 0) is 31.2 Å². The zero-order chi connectivity index (χ0) is 17.3. The maximum Gasteiger partial charge on any atom is 0.416 e. The van der Waals surface area contributed by atoms with E-state index in [1.54, 1.807) is 19.1 Å². The van der Waals surface area contributed by atoms with Crippen LogP contribution >= 0.6 is 0 Å². The van der Waals surface area contributed by atoms with Crippen molar-refractivity contribution < 1.29 is 26.7 Å². The van der Waals surface area contributed by atoms with Crippen LogP contribution in [0.5, 0.6) is 0 Å². The Bertz CT molecular complexity index is 817. The van der Waals surface area contributed by atoms with E-state index in [1.165, 1.54) is 6.07 Å². The Balaban J connectivity index is 2.40. The molecule has 0 heterocycles. The molecule has 0 fully saturated rings. The second-order valence-electron chi connectivity index (χ2n) is 4.95. The summed E-state index contributed by atoms with van der Waals surface area (Å²) in [6, 6.07) is 8.13. The second-order valence-corrected chi connectivity index (χ2v) is 6.63. The van der Waals surface area contributed by atoms with Gasteiger partial charge >= 0.3 is 6.18 Å². The van der Waals surface area contributed by atoms with Gasteiger partial charge in [0.25, 0.3) is 10.0 Å². The van der Waals surface area contributed by atoms with Gasteiger partial charge in [0.1, 0.15) is 0 Å². The minimum absolute atomic E-state index is 0.121. The van der Waals surface area contributed by atoms with E-state index in [2.05, 4.69) is 4.72 Å². The highest BCUT2D eigenvalue weighted by Crippen LogP contribution is 2.31. The normalized spacial score (nSPS) is 12.2. The quantitative estimate of drug-likeness (QED) is 0.893. The predicted octanol–water partition coefficient (Wildman–Crippen LogP) is 3.31. The van der Waals surface area contributed by atoms with Crippen molar-refractivity contribution in [1.82, 2.24) is 0 Å². The number of rotatable bonds is 4. The van der Waals surface area contributed by atoms with Crippen molar-refractivity contribution >= 4 is 15.7 Å². The number of aryl methyl sites for hydroxylation is 1. The van der Waals surface area contributed by atoms with Crippen molar-refractivity contribution in [2.75, 3.05) is 4.72 Å². The van der Waals surface area contributed by atoms with E-state index in [0.29, 0.717) is 11.6 Å². The first kappa shape index (κ1) is 17.3. The summed E-state index contributed by atoms with van der Waals surface area (Å²) in [5.41, 5.74) is 0.221. The van der Waals surface area contributed by atoms with Crippen LogP contribution in [0.25, 0.3) is 0 Å². The largest absolute Gasteiger partial charge is 0.416 e. The van der Waals surface area contributed by atoms with E-state index in [4.69, 9.17) is 0 Å². The minimum atomic E-state index is -4.63. The Morgan fingerprint density at radius 1 is 1.13 bits per heavy atom. The molecule has 0 amide bonds. The summed E-state index contributed by atoms with van der Waals surface area (Å²) < 4.78 is 64.8. The van der Waals surface area contributed by atoms with E-state index in [-0.39, 0.29) is 5.69 Å². The number of aliphatic hydroxyl groups is 1. The Hall–Kier alpha value is -2.06. The fourth-order valence-corrected chi connectivity index (χ4v) is 3.14.